The maximum atomic E-state index is 13.6. The molecule has 0 fully saturated rings. The molecule has 0 saturated heterocycles. The van der Waals surface area contributed by atoms with Crippen molar-refractivity contribution in [3.8, 4) is 85.0 Å². The Kier molecular flexibility index (Phi) is 40.4. The fraction of sp³-hybridized carbons (Fsp3) is 0.303. The van der Waals surface area contributed by atoms with Gasteiger partial charge in [0.1, 0.15) is 82.7 Å². The van der Waals surface area contributed by atoms with Gasteiger partial charge >= 0.3 is 0 Å². The number of hydrogen-bond donors (Lipinski definition) is 9. The molecular formula is C89H89Cl7F5I3N8O14S2. The van der Waals surface area contributed by atoms with Crippen LogP contribution in [-0.2, 0) is 32.3 Å². The highest BCUT2D eigenvalue weighted by Gasteiger charge is 2.42. The number of rotatable bonds is 20. The van der Waals surface area contributed by atoms with E-state index in [2.05, 4.69) is 61.6 Å². The number of nitrogens with zero attached hydrogens (tertiary/aromatic N) is 7. The van der Waals surface area contributed by atoms with Gasteiger partial charge in [-0.1, -0.05) is 81.2 Å². The Morgan fingerprint density at radius 3 is 1.17 bits per heavy atom. The van der Waals surface area contributed by atoms with Gasteiger partial charge in [-0.05, 0) is 311 Å². The van der Waals surface area contributed by atoms with E-state index in [-0.39, 0.29) is 73.1 Å². The normalized spacial score (nSPS) is 14.8. The van der Waals surface area contributed by atoms with E-state index in [1.165, 1.54) is 91.9 Å². The Labute approximate surface area is 818 Å². The number of fused-ring (bicyclic) bond motifs is 1. The number of ketones is 1. The lowest BCUT2D eigenvalue weighted by Crippen LogP contribution is -2.47. The molecule has 0 radical (unpaired) electrons. The Morgan fingerprint density at radius 2 is 0.797 bits per heavy atom. The van der Waals surface area contributed by atoms with Crippen molar-refractivity contribution in [1.82, 2.24) is 34.6 Å². The first-order valence-corrected chi connectivity index (χ1v) is 46.5. The molecule has 0 saturated carbocycles. The molecular weight excluding hydrogens is 2190 g/mol. The molecule has 7 heterocycles. The summed E-state index contributed by atoms with van der Waals surface area (Å²) in [7, 11) is -2.72. The van der Waals surface area contributed by atoms with E-state index >= 15 is 0 Å². The Bertz CT molecular complexity index is 5930. The number of ether oxygens (including phenoxy) is 3. The molecule has 12 rings (SSSR count). The lowest BCUT2D eigenvalue weighted by molar-refractivity contribution is -0.118. The number of carbonyl (C=O) groups excluding carboxylic acids is 1. The van der Waals surface area contributed by atoms with E-state index in [1.807, 2.05) is 93.6 Å². The topological polar surface area (TPSA) is 342 Å². The number of carbonyl (C=O) groups is 1. The van der Waals surface area contributed by atoms with Crippen LogP contribution in [0.15, 0.2) is 144 Å². The van der Waals surface area contributed by atoms with Gasteiger partial charge in [-0.15, -0.1) is 0 Å². The zero-order valence-corrected chi connectivity index (χ0v) is 84.4. The number of aromatic nitrogens is 6. The predicted octanol–water partition coefficient (Wildman–Crippen LogP) is 23.6. The fourth-order valence-electron chi connectivity index (χ4n) is 10.8. The first-order chi connectivity index (χ1) is 59.6. The number of pyridine rings is 6. The minimum absolute atomic E-state index is 0.00724. The molecule has 5 aromatic carbocycles. The summed E-state index contributed by atoms with van der Waals surface area (Å²) >= 11 is 46.8. The average molecular weight is 2280 g/mol. The van der Waals surface area contributed by atoms with Crippen molar-refractivity contribution in [3.63, 3.8) is 0 Å². The zero-order valence-electron chi connectivity index (χ0n) is 71.0. The van der Waals surface area contributed by atoms with E-state index in [4.69, 9.17) is 106 Å². The van der Waals surface area contributed by atoms with Crippen LogP contribution in [0.2, 0.25) is 35.3 Å². The van der Waals surface area contributed by atoms with Gasteiger partial charge in [0.2, 0.25) is 0 Å². The second-order valence-corrected chi connectivity index (χ2v) is 41.0. The Balaban J connectivity index is 0.000000215. The van der Waals surface area contributed by atoms with Crippen molar-refractivity contribution in [2.24, 2.45) is 4.40 Å². The van der Waals surface area contributed by atoms with Gasteiger partial charge in [-0.2, -0.15) is 4.40 Å². The molecule has 0 amide bonds. The van der Waals surface area contributed by atoms with Crippen molar-refractivity contribution >= 4 is 182 Å². The average Bonchev–Trinajstić information content (AvgIpc) is 1.59. The molecule has 22 nitrogen and oxygen atoms in total. The molecule has 686 valence electrons. The molecule has 9 N–H and O–H groups in total. The fourth-order valence-corrected chi connectivity index (χ4v) is 15.6. The summed E-state index contributed by atoms with van der Waals surface area (Å²) < 4.78 is 118. The van der Waals surface area contributed by atoms with E-state index in [1.54, 1.807) is 103 Å². The second kappa shape index (κ2) is 47.7. The second-order valence-electron chi connectivity index (χ2n) is 30.8. The van der Waals surface area contributed by atoms with Crippen LogP contribution in [0.3, 0.4) is 0 Å². The highest BCUT2D eigenvalue weighted by atomic mass is 127. The molecule has 1 aliphatic heterocycles. The van der Waals surface area contributed by atoms with Crippen LogP contribution < -0.4 is 18.9 Å². The Morgan fingerprint density at radius 1 is 0.461 bits per heavy atom. The van der Waals surface area contributed by atoms with Gasteiger partial charge in [0.05, 0.1) is 149 Å². The summed E-state index contributed by atoms with van der Waals surface area (Å²) in [6.07, 6.45) is -4.50. The summed E-state index contributed by atoms with van der Waals surface area (Å²) in [6, 6.07) is 34.0. The summed E-state index contributed by atoms with van der Waals surface area (Å²) in [5.41, 5.74) is 8.08. The maximum absolute atomic E-state index is 13.6. The maximum Gasteiger partial charge on any atom is 0.171 e. The third kappa shape index (κ3) is 30.1. The minimum Gasteiger partial charge on any atom is -0.505 e. The quantitative estimate of drug-likeness (QED) is 0.0148. The molecule has 39 heteroatoms. The van der Waals surface area contributed by atoms with E-state index in [9.17, 15) is 65.8 Å². The molecule has 9 atom stereocenters. The van der Waals surface area contributed by atoms with Crippen molar-refractivity contribution in [2.75, 3.05) is 19.8 Å². The number of aliphatic hydroxyl groups is 6. The molecule has 11 aromatic rings. The standard InChI is InChI=1S/C20H23ClFIN2O3S.C20H24ClFN2O3S.C16H14ClFINO3.C13H10Cl2FNO.C13H10ClFINO2.C7H8ClNO2/c1-11(25-29(27)20(3,4)5)10-28-19-16(23)9-17(12(2)26)24-18(19)13-6-7-15(22)14(21)8-13;1-11(25)16-9-13-18(17(23-16)12-6-7-15(22)14(21)8-12)27-10-20(13,5)24-28(26)19(2,3)4;1-8(21)7-23-16-13(19)6-14(9(2)22)20-15(16)10-3-4-12(18)11(17)5-10;1-7(18)12-5-3-9(14)13(17-12)8-2-4-11(16)10(15)6-8;1-6(18)11-5-10(16)13(19)12(17-11)7-2-3-9(15)8(14)4-7;1-4(10)5-2-3-6(11)7(8)9-5/h6-9,12,26H,10H2,1-5H3;6-9,11,24-25H,10H2,1-5H3;3-6,9,22H,7H2,1-2H3;2-7,18H,1H3;2-6,18-19H,1H3;2-4,10-11H,1H3. The van der Waals surface area contributed by atoms with Gasteiger partial charge in [-0.25, -0.2) is 65.0 Å². The molecule has 0 aliphatic carbocycles. The van der Waals surface area contributed by atoms with Crippen LogP contribution in [0.25, 0.3) is 56.3 Å². The number of benzene rings is 5. The smallest absolute Gasteiger partial charge is 0.171 e. The Hall–Kier alpha value is -6.77. The van der Waals surface area contributed by atoms with Crippen LogP contribution in [0.1, 0.15) is 180 Å². The summed E-state index contributed by atoms with van der Waals surface area (Å²) in [6.45, 7) is 26.1. The highest BCUT2D eigenvalue weighted by Crippen LogP contribution is 2.46. The van der Waals surface area contributed by atoms with Crippen LogP contribution >= 0.6 is 149 Å². The first-order valence-electron chi connectivity index (χ1n) is 38.4. The number of nitrogens with one attached hydrogen (secondary N) is 1. The monoisotopic (exact) mass is 2280 g/mol. The zero-order chi connectivity index (χ0) is 95.8. The lowest BCUT2D eigenvalue weighted by Gasteiger charge is -2.29. The first kappa shape index (κ1) is 108. The molecule has 0 spiro atoms. The minimum atomic E-state index is -1.39. The van der Waals surface area contributed by atoms with Crippen LogP contribution in [0, 0.1) is 39.8 Å². The highest BCUT2D eigenvalue weighted by molar-refractivity contribution is 14.1. The third-order valence-corrected chi connectivity index (χ3v) is 25.4. The van der Waals surface area contributed by atoms with Crippen molar-refractivity contribution < 1.29 is 90.2 Å². The van der Waals surface area contributed by atoms with Gasteiger partial charge < -0.3 is 55.1 Å². The predicted molar refractivity (Wildman–Crippen MR) is 519 cm³/mol. The molecule has 128 heavy (non-hydrogen) atoms. The SMILES string of the molecule is CC(=O)COc1c(I)cc(C(C)O)nc1-c1ccc(F)c(Cl)c1.CC(COc1c(I)cc(C(C)O)nc1-c1ccc(F)c(Cl)c1)=NS(=O)C(C)(C)C.CC(O)c1cc(I)c(O)c(-c2ccc(F)c(Cl)c2)n1.CC(O)c1cc2c(c(-c3ccc(F)c(Cl)c3)n1)OCC2(C)NS(=O)C(C)(C)C.CC(O)c1ccc(Cl)c(-c2ccc(F)c(Cl)c2)n1.CC(O)c1ccc(O)c(Cl)n1. The molecule has 1 aliphatic rings. The van der Waals surface area contributed by atoms with Crippen molar-refractivity contribution in [2.45, 2.75) is 156 Å². The van der Waals surface area contributed by atoms with Gasteiger partial charge in [-0.3, -0.25) is 4.79 Å². The molecule has 6 aromatic heterocycles. The van der Waals surface area contributed by atoms with E-state index in [0.29, 0.717) is 123 Å². The van der Waals surface area contributed by atoms with E-state index in [0.717, 1.165) is 5.56 Å². The van der Waals surface area contributed by atoms with Gasteiger partial charge in [0.25, 0.3) is 0 Å². The summed E-state index contributed by atoms with van der Waals surface area (Å²) in [4.78, 5) is 36.8. The number of halogens is 15. The van der Waals surface area contributed by atoms with Crippen molar-refractivity contribution in [1.29, 1.82) is 0 Å². The summed E-state index contributed by atoms with van der Waals surface area (Å²) in [5, 5.41) is 77.3. The number of aliphatic hydroxyl groups excluding tert-OH is 6. The number of aromatic hydroxyl groups is 2. The molecule has 9 unspecified atom stereocenters. The van der Waals surface area contributed by atoms with Crippen LogP contribution in [-0.4, -0.2) is 120 Å². The molecule has 0 bridgehead atoms. The van der Waals surface area contributed by atoms with Gasteiger partial charge in [0, 0.05) is 33.4 Å². The summed E-state index contributed by atoms with van der Waals surface area (Å²) in [5.74, 6) is -1.51. The number of hydrogen-bond acceptors (Lipinski definition) is 20. The lowest BCUT2D eigenvalue weighted by atomic mass is 9.93. The van der Waals surface area contributed by atoms with Gasteiger partial charge in [0.15, 0.2) is 39.7 Å². The van der Waals surface area contributed by atoms with Crippen LogP contribution in [0.4, 0.5) is 22.0 Å². The van der Waals surface area contributed by atoms with E-state index < -0.39 is 103 Å². The van der Waals surface area contributed by atoms with Crippen LogP contribution in [0.5, 0.6) is 28.7 Å². The van der Waals surface area contributed by atoms with Crippen molar-refractivity contribution in [3.05, 3.63) is 254 Å². The number of Topliss-reactive ketones (excluding diaryl/α,β-unsaturated/α-hetero) is 1. The largest absolute Gasteiger partial charge is 0.505 e. The third-order valence-electron chi connectivity index (χ3n) is 17.7.